The molecule has 1 aromatic carbocycles. The first-order valence-corrected chi connectivity index (χ1v) is 13.7. The number of rotatable bonds is 7. The van der Waals surface area contributed by atoms with Crippen molar-refractivity contribution in [3.8, 4) is 0 Å². The summed E-state index contributed by atoms with van der Waals surface area (Å²) in [5.41, 5.74) is 0.830. The van der Waals surface area contributed by atoms with Crippen LogP contribution >= 0.6 is 23.2 Å². The predicted octanol–water partition coefficient (Wildman–Crippen LogP) is 2.99. The predicted molar refractivity (Wildman–Crippen MR) is 145 cm³/mol. The van der Waals surface area contributed by atoms with Crippen molar-refractivity contribution >= 4 is 46.7 Å². The lowest BCUT2D eigenvalue weighted by atomic mass is 9.96. The van der Waals surface area contributed by atoms with Crippen molar-refractivity contribution in [3.63, 3.8) is 0 Å². The zero-order valence-corrected chi connectivity index (χ0v) is 22.5. The molecule has 198 valence electrons. The minimum absolute atomic E-state index is 0.0258. The summed E-state index contributed by atoms with van der Waals surface area (Å²) in [4.78, 5) is 29.4. The van der Waals surface area contributed by atoms with Crippen molar-refractivity contribution in [2.45, 2.75) is 32.6 Å². The number of halogens is 2. The third-order valence-electron chi connectivity index (χ3n) is 7.10. The molecule has 3 aliphatic rings. The van der Waals surface area contributed by atoms with Gasteiger partial charge in [0, 0.05) is 64.7 Å². The third kappa shape index (κ3) is 7.47. The monoisotopic (exact) mass is 537 g/mol. The van der Waals surface area contributed by atoms with E-state index in [1.54, 1.807) is 12.1 Å². The fourth-order valence-corrected chi connectivity index (χ4v) is 5.20. The summed E-state index contributed by atoms with van der Waals surface area (Å²) in [5, 5.41) is 16.6. The van der Waals surface area contributed by atoms with Gasteiger partial charge < -0.3 is 25.8 Å². The van der Waals surface area contributed by atoms with Gasteiger partial charge in [0.15, 0.2) is 0 Å². The Bertz CT molecular complexity index is 946. The Morgan fingerprint density at radius 1 is 1.11 bits per heavy atom. The standard InChI is InChI=1S/C25H37Cl2N7O2/c1-18-16-34(20-4-5-21(26)22(27)15-20)31-24(18)30-23(35)3-2-8-29-25(36)33-11-6-19(7-12-33)17-32-13-9-28-10-14-32/h4-5,15,18-19,28H,2-3,6-14,16-17H2,1H3,(H,29,36)(H,30,31,35). The number of benzene rings is 1. The van der Waals surface area contributed by atoms with E-state index >= 15 is 0 Å². The lowest BCUT2D eigenvalue weighted by Crippen LogP contribution is -2.49. The lowest BCUT2D eigenvalue weighted by Gasteiger charge is -2.36. The van der Waals surface area contributed by atoms with E-state index in [-0.39, 0.29) is 17.9 Å². The first-order valence-electron chi connectivity index (χ1n) is 13.0. The van der Waals surface area contributed by atoms with Crippen LogP contribution in [0.15, 0.2) is 23.3 Å². The number of likely N-dealkylation sites (tertiary alicyclic amines) is 1. The van der Waals surface area contributed by atoms with Gasteiger partial charge in [-0.3, -0.25) is 9.80 Å². The molecule has 0 radical (unpaired) electrons. The maximum Gasteiger partial charge on any atom is 0.317 e. The third-order valence-corrected chi connectivity index (χ3v) is 7.83. The molecule has 0 bridgehead atoms. The number of amides is 3. The molecule has 4 rings (SSSR count). The number of hydrogen-bond acceptors (Lipinski definition) is 6. The summed E-state index contributed by atoms with van der Waals surface area (Å²) in [6, 6.07) is 5.33. The number of piperidine rings is 1. The molecule has 2 fully saturated rings. The number of urea groups is 1. The molecule has 11 heteroatoms. The Balaban J connectivity index is 1.12. The first kappa shape index (κ1) is 27.0. The van der Waals surface area contributed by atoms with Crippen LogP contribution in [0.2, 0.25) is 10.0 Å². The van der Waals surface area contributed by atoms with Gasteiger partial charge in [0.25, 0.3) is 0 Å². The van der Waals surface area contributed by atoms with E-state index in [4.69, 9.17) is 23.2 Å². The Hall–Kier alpha value is -2.07. The number of hydrogen-bond donors (Lipinski definition) is 3. The summed E-state index contributed by atoms with van der Waals surface area (Å²) >= 11 is 12.1. The average molecular weight is 539 g/mol. The number of nitrogens with one attached hydrogen (secondary N) is 3. The summed E-state index contributed by atoms with van der Waals surface area (Å²) in [6.45, 7) is 10.3. The number of hydrazone groups is 1. The van der Waals surface area contributed by atoms with Crippen molar-refractivity contribution in [1.82, 2.24) is 25.8 Å². The maximum absolute atomic E-state index is 12.5. The summed E-state index contributed by atoms with van der Waals surface area (Å²) in [6.07, 6.45) is 3.01. The van der Waals surface area contributed by atoms with Gasteiger partial charge >= 0.3 is 6.03 Å². The highest BCUT2D eigenvalue weighted by molar-refractivity contribution is 6.42. The maximum atomic E-state index is 12.5. The molecule has 9 nitrogen and oxygen atoms in total. The second kappa shape index (κ2) is 12.9. The summed E-state index contributed by atoms with van der Waals surface area (Å²) in [5.74, 6) is 1.29. The van der Waals surface area contributed by atoms with Crippen molar-refractivity contribution < 1.29 is 9.59 Å². The van der Waals surface area contributed by atoms with Gasteiger partial charge in [-0.2, -0.15) is 5.10 Å². The quantitative estimate of drug-likeness (QED) is 0.465. The number of amidine groups is 1. The topological polar surface area (TPSA) is 92.3 Å². The van der Waals surface area contributed by atoms with Crippen LogP contribution in [-0.4, -0.2) is 86.5 Å². The molecule has 1 aromatic rings. The van der Waals surface area contributed by atoms with Crippen LogP contribution in [0.4, 0.5) is 10.5 Å². The smallest absolute Gasteiger partial charge is 0.317 e. The van der Waals surface area contributed by atoms with Crippen LogP contribution in [0, 0.1) is 11.8 Å². The molecule has 0 spiro atoms. The van der Waals surface area contributed by atoms with Crippen molar-refractivity contribution in [1.29, 1.82) is 0 Å². The summed E-state index contributed by atoms with van der Waals surface area (Å²) in [7, 11) is 0. The Labute approximate surface area is 223 Å². The fraction of sp³-hybridized carbons (Fsp3) is 0.640. The highest BCUT2D eigenvalue weighted by Crippen LogP contribution is 2.29. The molecular weight excluding hydrogens is 501 g/mol. The molecule has 1 atom stereocenters. The normalized spacial score (nSPS) is 21.4. The van der Waals surface area contributed by atoms with E-state index in [1.807, 2.05) is 22.9 Å². The van der Waals surface area contributed by atoms with Gasteiger partial charge in [-0.25, -0.2) is 4.79 Å². The van der Waals surface area contributed by atoms with E-state index in [2.05, 4.69) is 26.0 Å². The van der Waals surface area contributed by atoms with E-state index in [9.17, 15) is 9.59 Å². The first-order chi connectivity index (χ1) is 17.4. The minimum Gasteiger partial charge on any atom is -0.338 e. The van der Waals surface area contributed by atoms with Gasteiger partial charge in [-0.05, 0) is 43.4 Å². The van der Waals surface area contributed by atoms with Crippen LogP contribution in [0.3, 0.4) is 0 Å². The van der Waals surface area contributed by atoms with Crippen LogP contribution in [0.1, 0.15) is 32.6 Å². The molecule has 1 unspecified atom stereocenters. The molecule has 3 heterocycles. The number of carbonyl (C=O) groups is 2. The number of piperazine rings is 1. The van der Waals surface area contributed by atoms with Crippen LogP contribution in [-0.2, 0) is 4.79 Å². The SMILES string of the molecule is CC1CN(c2ccc(Cl)c(Cl)c2)N=C1NC(=O)CCCNC(=O)N1CCC(CN2CCNCC2)CC1. The highest BCUT2D eigenvalue weighted by atomic mass is 35.5. The minimum atomic E-state index is -0.0976. The summed E-state index contributed by atoms with van der Waals surface area (Å²) < 4.78 is 0. The average Bonchev–Trinajstić information content (AvgIpc) is 3.24. The number of nitrogens with zero attached hydrogens (tertiary/aromatic N) is 4. The number of carbonyl (C=O) groups excluding carboxylic acids is 2. The second-order valence-electron chi connectivity index (χ2n) is 9.93. The van der Waals surface area contributed by atoms with Crippen molar-refractivity contribution in [2.75, 3.05) is 63.9 Å². The lowest BCUT2D eigenvalue weighted by molar-refractivity contribution is -0.119. The zero-order chi connectivity index (χ0) is 25.5. The number of anilines is 1. The van der Waals surface area contributed by atoms with Gasteiger partial charge in [-0.15, -0.1) is 0 Å². The van der Waals surface area contributed by atoms with Crippen LogP contribution < -0.4 is 21.0 Å². The van der Waals surface area contributed by atoms with E-state index in [0.717, 1.165) is 64.3 Å². The zero-order valence-electron chi connectivity index (χ0n) is 20.9. The largest absolute Gasteiger partial charge is 0.338 e. The molecule has 3 amide bonds. The van der Waals surface area contributed by atoms with Gasteiger partial charge in [0.2, 0.25) is 5.91 Å². The van der Waals surface area contributed by atoms with Crippen molar-refractivity contribution in [2.24, 2.45) is 16.9 Å². The Kier molecular flexibility index (Phi) is 9.70. The molecule has 3 N–H and O–H groups in total. The van der Waals surface area contributed by atoms with E-state index in [0.29, 0.717) is 47.7 Å². The Morgan fingerprint density at radius 3 is 2.58 bits per heavy atom. The molecule has 0 aromatic heterocycles. The molecule has 2 saturated heterocycles. The molecule has 3 aliphatic heterocycles. The van der Waals surface area contributed by atoms with Gasteiger partial charge in [0.1, 0.15) is 5.84 Å². The van der Waals surface area contributed by atoms with Crippen LogP contribution in [0.25, 0.3) is 0 Å². The molecule has 0 saturated carbocycles. The van der Waals surface area contributed by atoms with Crippen LogP contribution in [0.5, 0.6) is 0 Å². The molecule has 36 heavy (non-hydrogen) atoms. The van der Waals surface area contributed by atoms with Gasteiger partial charge in [-0.1, -0.05) is 30.1 Å². The molecular formula is C25H37Cl2N7O2. The second-order valence-corrected chi connectivity index (χ2v) is 10.7. The van der Waals surface area contributed by atoms with E-state index < -0.39 is 0 Å². The van der Waals surface area contributed by atoms with E-state index in [1.165, 1.54) is 0 Å². The fourth-order valence-electron chi connectivity index (χ4n) is 4.91. The highest BCUT2D eigenvalue weighted by Gasteiger charge is 2.26. The van der Waals surface area contributed by atoms with Crippen molar-refractivity contribution in [3.05, 3.63) is 28.2 Å². The molecule has 0 aliphatic carbocycles. The van der Waals surface area contributed by atoms with Gasteiger partial charge in [0.05, 0.1) is 22.3 Å². The Morgan fingerprint density at radius 2 is 1.86 bits per heavy atom.